The minimum Gasteiger partial charge on any atom is -0.481 e. The molecule has 388 valence electrons. The Hall–Kier alpha value is -5.81. The van der Waals surface area contributed by atoms with Crippen LogP contribution in [0.2, 0.25) is 0 Å². The highest BCUT2D eigenvalue weighted by molar-refractivity contribution is 5.96. The van der Waals surface area contributed by atoms with Gasteiger partial charge in [0.25, 0.3) is 0 Å². The molecule has 8 rings (SSSR count). The van der Waals surface area contributed by atoms with Gasteiger partial charge >= 0.3 is 5.97 Å². The van der Waals surface area contributed by atoms with E-state index in [9.17, 15) is 30.0 Å². The van der Waals surface area contributed by atoms with Crippen LogP contribution >= 0.6 is 0 Å². The van der Waals surface area contributed by atoms with E-state index in [1.165, 1.54) is 5.56 Å². The summed E-state index contributed by atoms with van der Waals surface area (Å²) in [4.78, 5) is 29.1. The van der Waals surface area contributed by atoms with Gasteiger partial charge in [-0.05, 0) is 154 Å². The first-order valence-electron chi connectivity index (χ1n) is 26.3. The Kier molecular flexibility index (Phi) is 19.7. The van der Waals surface area contributed by atoms with E-state index >= 15 is 0 Å². The quantitative estimate of drug-likeness (QED) is 0.0628. The molecule has 2 aliphatic heterocycles. The maximum atomic E-state index is 12.7. The zero-order valence-electron chi connectivity index (χ0n) is 43.7. The zero-order valence-corrected chi connectivity index (χ0v) is 43.7. The van der Waals surface area contributed by atoms with Crippen molar-refractivity contribution in [2.24, 2.45) is 11.8 Å². The highest BCUT2D eigenvalue weighted by Gasteiger charge is 2.43. The number of carboxylic acids is 1. The smallest absolute Gasteiger partial charge is 0.313 e. The van der Waals surface area contributed by atoms with Crippen LogP contribution in [0.25, 0.3) is 0 Å². The first-order chi connectivity index (χ1) is 34.5. The largest absolute Gasteiger partial charge is 0.481 e. The van der Waals surface area contributed by atoms with Gasteiger partial charge in [0, 0.05) is 12.0 Å². The van der Waals surface area contributed by atoms with Gasteiger partial charge in [0.2, 0.25) is 0 Å². The van der Waals surface area contributed by atoms with Gasteiger partial charge in [0.15, 0.2) is 5.78 Å². The summed E-state index contributed by atoms with van der Waals surface area (Å²) in [5, 5.41) is 44.2. The van der Waals surface area contributed by atoms with Gasteiger partial charge in [-0.3, -0.25) is 14.3 Å². The van der Waals surface area contributed by atoms with Crippen LogP contribution in [0, 0.1) is 11.8 Å². The number of ketones is 1. The molecule has 73 heavy (non-hydrogen) atoms. The van der Waals surface area contributed by atoms with E-state index in [-0.39, 0.29) is 27.7 Å². The molecular formula is C64H79FN2O6. The molecule has 1 unspecified atom stereocenters. The summed E-state index contributed by atoms with van der Waals surface area (Å²) in [5.74, 6) is -0.349. The number of hydrogen-bond donors (Lipinski definition) is 4. The number of carbonyl (C=O) groups excluding carboxylic acids is 1. The third-order valence-electron chi connectivity index (χ3n) is 15.7. The SMILES string of the molecule is CC(C)(C(=O)O)c1ccc(C(O)CCCN2CCC(C(O)(c3ccccc3)c3ccccc3)CC2)cc1.CC(C)(C)c1ccc(C(=O)CCCN2CCC(C(O)(c3ccccc3)c3ccccc3)CC2)cc1.F. The molecule has 0 bridgehead atoms. The third kappa shape index (κ3) is 13.9. The van der Waals surface area contributed by atoms with Crippen LogP contribution in [0.1, 0.15) is 141 Å². The van der Waals surface area contributed by atoms with Crippen molar-refractivity contribution in [1.29, 1.82) is 0 Å². The number of hydrogen-bond acceptors (Lipinski definition) is 7. The van der Waals surface area contributed by atoms with Crippen LogP contribution in [0.4, 0.5) is 4.70 Å². The van der Waals surface area contributed by atoms with E-state index < -0.39 is 28.7 Å². The van der Waals surface area contributed by atoms with Crippen molar-refractivity contribution < 1.29 is 34.7 Å². The van der Waals surface area contributed by atoms with E-state index in [1.807, 2.05) is 146 Å². The van der Waals surface area contributed by atoms with Gasteiger partial charge < -0.3 is 30.2 Å². The molecule has 0 aliphatic carbocycles. The third-order valence-corrected chi connectivity index (χ3v) is 15.7. The minimum atomic E-state index is -1.01. The number of aliphatic carboxylic acids is 1. The fraction of sp³-hybridized carbons (Fsp3) is 0.406. The zero-order chi connectivity index (χ0) is 51.4. The molecule has 0 aromatic heterocycles. The summed E-state index contributed by atoms with van der Waals surface area (Å²) in [6, 6.07) is 55.6. The lowest BCUT2D eigenvalue weighted by Crippen LogP contribution is -2.44. The Morgan fingerprint density at radius 1 is 0.507 bits per heavy atom. The second-order valence-corrected chi connectivity index (χ2v) is 21.8. The topological polar surface area (TPSA) is 122 Å². The van der Waals surface area contributed by atoms with Crippen LogP contribution in [0.5, 0.6) is 0 Å². The molecule has 0 spiro atoms. The van der Waals surface area contributed by atoms with Crippen molar-refractivity contribution in [2.75, 3.05) is 39.3 Å². The molecule has 9 heteroatoms. The van der Waals surface area contributed by atoms with Gasteiger partial charge in [-0.2, -0.15) is 0 Å². The van der Waals surface area contributed by atoms with E-state index in [2.05, 4.69) is 42.7 Å². The van der Waals surface area contributed by atoms with Crippen molar-refractivity contribution >= 4 is 11.8 Å². The van der Waals surface area contributed by atoms with Gasteiger partial charge in [0.05, 0.1) is 11.5 Å². The number of rotatable bonds is 18. The monoisotopic (exact) mass is 991 g/mol. The van der Waals surface area contributed by atoms with Crippen LogP contribution in [-0.2, 0) is 26.8 Å². The standard InChI is InChI=1S/C32H39NO4.C32H39NO2.FH/c1-31(2,30(35)36)25-17-15-24(16-18-25)29(34)14-9-21-33-22-19-28(20-23-33)32(37,26-10-5-3-6-11-26)27-12-7-4-8-13-27;1-31(2,3)26-18-16-25(17-19-26)30(34)15-10-22-33-23-20-29(21-24-33)32(35,27-11-6-4-7-12-27)28-13-8-5-9-14-28;/h3-8,10-13,15-18,28-29,34,37H,9,14,19-23H2,1-2H3,(H,35,36);4-9,11-14,16-19,29,35H,10,15,20-24H2,1-3H3;1H. The molecule has 1 atom stereocenters. The predicted octanol–water partition coefficient (Wildman–Crippen LogP) is 12.3. The average molecular weight is 991 g/mol. The number of aliphatic hydroxyl groups is 3. The summed E-state index contributed by atoms with van der Waals surface area (Å²) in [5.41, 5.74) is 4.58. The fourth-order valence-corrected chi connectivity index (χ4v) is 10.9. The minimum absolute atomic E-state index is 0. The van der Waals surface area contributed by atoms with Crippen molar-refractivity contribution in [2.45, 2.75) is 114 Å². The summed E-state index contributed by atoms with van der Waals surface area (Å²) < 4.78 is 0. The molecule has 4 N–H and O–H groups in total. The van der Waals surface area contributed by atoms with Crippen molar-refractivity contribution in [1.82, 2.24) is 9.80 Å². The average Bonchev–Trinajstić information content (AvgIpc) is 3.41. The second-order valence-electron chi connectivity index (χ2n) is 21.8. The molecule has 0 amide bonds. The van der Waals surface area contributed by atoms with E-state index in [1.54, 1.807) is 26.0 Å². The predicted molar refractivity (Wildman–Crippen MR) is 293 cm³/mol. The maximum absolute atomic E-state index is 12.7. The number of carboxylic acid groups (broad SMARTS) is 1. The number of Topliss-reactive ketones (excluding diaryl/α,β-unsaturated/α-hetero) is 1. The van der Waals surface area contributed by atoms with Crippen LogP contribution in [0.15, 0.2) is 170 Å². The van der Waals surface area contributed by atoms with Crippen molar-refractivity contribution in [3.05, 3.63) is 214 Å². The molecule has 6 aromatic carbocycles. The fourth-order valence-electron chi connectivity index (χ4n) is 10.9. The van der Waals surface area contributed by atoms with Crippen LogP contribution < -0.4 is 0 Å². The molecule has 2 aliphatic rings. The normalized spacial score (nSPS) is 15.9. The first-order valence-corrected chi connectivity index (χ1v) is 26.3. The summed E-state index contributed by atoms with van der Waals surface area (Å²) in [6.07, 6.45) is 6.08. The lowest BCUT2D eigenvalue weighted by Gasteiger charge is -2.42. The summed E-state index contributed by atoms with van der Waals surface area (Å²) >= 11 is 0. The highest BCUT2D eigenvalue weighted by Crippen LogP contribution is 2.43. The Morgan fingerprint density at radius 2 is 0.863 bits per heavy atom. The number of nitrogens with zero attached hydrogens (tertiary/aromatic N) is 2. The molecule has 2 saturated heterocycles. The van der Waals surface area contributed by atoms with Gasteiger partial charge in [-0.25, -0.2) is 0 Å². The Morgan fingerprint density at radius 3 is 1.22 bits per heavy atom. The second kappa shape index (κ2) is 25.4. The molecule has 8 nitrogen and oxygen atoms in total. The molecule has 0 saturated carbocycles. The molecule has 2 heterocycles. The van der Waals surface area contributed by atoms with Crippen LogP contribution in [0.3, 0.4) is 0 Å². The van der Waals surface area contributed by atoms with E-state index in [0.717, 1.165) is 117 Å². The molecule has 2 fully saturated rings. The number of carbonyl (C=O) groups is 2. The number of halogens is 1. The summed E-state index contributed by atoms with van der Waals surface area (Å²) in [7, 11) is 0. The Bertz CT molecular complexity index is 2510. The van der Waals surface area contributed by atoms with Gasteiger partial charge in [-0.15, -0.1) is 0 Å². The molecular weight excluding hydrogens is 912 g/mol. The van der Waals surface area contributed by atoms with Crippen molar-refractivity contribution in [3.63, 3.8) is 0 Å². The van der Waals surface area contributed by atoms with E-state index in [0.29, 0.717) is 12.8 Å². The lowest BCUT2D eigenvalue weighted by molar-refractivity contribution is -0.142. The van der Waals surface area contributed by atoms with Gasteiger partial charge in [0.1, 0.15) is 11.2 Å². The number of likely N-dealkylation sites (tertiary alicyclic amines) is 2. The highest BCUT2D eigenvalue weighted by atomic mass is 19.0. The Balaban J connectivity index is 0.000000235. The maximum Gasteiger partial charge on any atom is 0.313 e. The van der Waals surface area contributed by atoms with Crippen LogP contribution in [-0.4, -0.2) is 81.2 Å². The number of benzene rings is 6. The van der Waals surface area contributed by atoms with Crippen molar-refractivity contribution in [3.8, 4) is 0 Å². The number of piperidine rings is 2. The number of aliphatic hydroxyl groups excluding tert-OH is 1. The Labute approximate surface area is 434 Å². The first kappa shape index (κ1) is 56.5. The van der Waals surface area contributed by atoms with Gasteiger partial charge in [-0.1, -0.05) is 191 Å². The summed E-state index contributed by atoms with van der Waals surface area (Å²) in [6.45, 7) is 15.5. The molecule has 0 radical (unpaired) electrons. The van der Waals surface area contributed by atoms with E-state index in [4.69, 9.17) is 0 Å². The molecule has 6 aromatic rings. The lowest BCUT2D eigenvalue weighted by atomic mass is 9.72.